The van der Waals surface area contributed by atoms with Crippen LogP contribution in [0.25, 0.3) is 0 Å². The highest BCUT2D eigenvalue weighted by atomic mass is 16.6. The molecule has 0 saturated heterocycles. The maximum absolute atomic E-state index is 13.0. The van der Waals surface area contributed by atoms with Gasteiger partial charge in [-0.2, -0.15) is 0 Å². The fraction of sp³-hybridized carbons (Fsp3) is 0.714. The van der Waals surface area contributed by atoms with Crippen molar-refractivity contribution in [1.82, 2.24) is 0 Å². The van der Waals surface area contributed by atoms with Gasteiger partial charge in [-0.15, -0.1) is 0 Å². The molecule has 6 unspecified atom stereocenters. The molecule has 0 aromatic carbocycles. The quantitative estimate of drug-likeness (QED) is 0.0269. The summed E-state index contributed by atoms with van der Waals surface area (Å²) in [7, 11) is 0. The maximum Gasteiger partial charge on any atom is 0.306 e. The second-order valence-electron chi connectivity index (χ2n) is 25.5. The van der Waals surface area contributed by atoms with Gasteiger partial charge >= 0.3 is 11.9 Å². The van der Waals surface area contributed by atoms with Gasteiger partial charge < -0.3 is 18.9 Å². The van der Waals surface area contributed by atoms with Crippen LogP contribution in [0.5, 0.6) is 0 Å². The number of fused-ring (bicyclic) bond motifs is 2. The normalized spacial score (nSPS) is 25.8. The second-order valence-corrected chi connectivity index (χ2v) is 25.5. The average molecular weight is 1050 g/mol. The molecule has 4 rings (SSSR count). The van der Waals surface area contributed by atoms with Crippen molar-refractivity contribution in [2.24, 2.45) is 10.8 Å². The molecule has 4 aliphatic rings. The lowest BCUT2D eigenvalue weighted by atomic mass is 9.65. The van der Waals surface area contributed by atoms with Crippen molar-refractivity contribution in [2.45, 2.75) is 311 Å². The van der Waals surface area contributed by atoms with Crippen molar-refractivity contribution in [3.8, 4) is 0 Å². The molecular formula is C70H112O6. The molecule has 76 heavy (non-hydrogen) atoms. The van der Waals surface area contributed by atoms with Crippen molar-refractivity contribution in [3.63, 3.8) is 0 Å². The Kier molecular flexibility index (Phi) is 29.0. The molecule has 0 spiro atoms. The lowest BCUT2D eigenvalue weighted by Gasteiger charge is -2.45. The van der Waals surface area contributed by atoms with E-state index < -0.39 is 11.2 Å². The molecule has 2 aliphatic heterocycles. The fourth-order valence-electron chi connectivity index (χ4n) is 12.7. The van der Waals surface area contributed by atoms with E-state index in [0.29, 0.717) is 25.7 Å². The van der Waals surface area contributed by atoms with E-state index in [1.54, 1.807) is 0 Å². The number of unbranched alkanes of at least 4 members (excludes halogenated alkanes) is 22. The number of hydrogen-bond acceptors (Lipinski definition) is 6. The van der Waals surface area contributed by atoms with Crippen molar-refractivity contribution >= 4 is 11.9 Å². The summed E-state index contributed by atoms with van der Waals surface area (Å²) in [5, 5.41) is 0. The SMILES string of the molecule is CCCCCCCCCCCCCCCC(=O)OC1CC(C)(C)C2=CC(/C(C)=C/C=C/C(C)=C/C=C/C=C(C)/C=C/C=C(\C)C3C=C4C(C)(C)CC(OC(=O)CCCCCCCCCCCCC)CC4(C)O3)OC2(C)C1. The largest absolute Gasteiger partial charge is 0.462 e. The Balaban J connectivity index is 1.15. The molecule has 0 aromatic rings. The third kappa shape index (κ3) is 23.1. The standard InChI is InChI=1S/C70H112O6/c1-13-15-17-19-21-23-25-26-28-30-32-34-36-48-66(72)74-60-52-68(9,10)64-50-62(76-70(64,12)54-60)58(6)46-40-44-56(4)42-38-37-41-55(3)43-39-45-57(5)61-49-63-67(7,8)51-59(53-69(63,11)75-61)73-65(71)47-35-33-31-29-27-24-22-20-18-16-14-2/h37-46,49-50,59-62H,13-36,47-48,51-54H2,1-12H3/b38-37+,43-39+,44-40+,55-41+,56-42+,57-45+,58-46+. The summed E-state index contributed by atoms with van der Waals surface area (Å²) in [6, 6.07) is 0. The molecule has 428 valence electrons. The van der Waals surface area contributed by atoms with E-state index in [0.717, 1.165) is 60.8 Å². The van der Waals surface area contributed by atoms with Crippen LogP contribution < -0.4 is 0 Å². The summed E-state index contributed by atoms with van der Waals surface area (Å²) in [5.41, 5.74) is 6.16. The first-order chi connectivity index (χ1) is 36.3. The summed E-state index contributed by atoms with van der Waals surface area (Å²) in [6.45, 7) is 26.5. The van der Waals surface area contributed by atoms with Crippen molar-refractivity contribution in [2.75, 3.05) is 0 Å². The van der Waals surface area contributed by atoms with Gasteiger partial charge in [0.15, 0.2) is 0 Å². The first-order valence-electron chi connectivity index (χ1n) is 31.2. The fourth-order valence-corrected chi connectivity index (χ4v) is 12.7. The Labute approximate surface area is 466 Å². The Morgan fingerprint density at radius 1 is 0.447 bits per heavy atom. The van der Waals surface area contributed by atoms with Crippen LogP contribution in [0.3, 0.4) is 0 Å². The topological polar surface area (TPSA) is 71.1 Å². The van der Waals surface area contributed by atoms with E-state index in [2.05, 4.69) is 156 Å². The first-order valence-corrected chi connectivity index (χ1v) is 31.2. The zero-order chi connectivity index (χ0) is 55.5. The summed E-state index contributed by atoms with van der Waals surface area (Å²) in [6.07, 6.45) is 60.3. The first kappa shape index (κ1) is 65.0. The second kappa shape index (κ2) is 33.8. The molecule has 6 heteroatoms. The van der Waals surface area contributed by atoms with Crippen molar-refractivity contribution in [1.29, 1.82) is 0 Å². The van der Waals surface area contributed by atoms with Crippen LogP contribution in [0.4, 0.5) is 0 Å². The molecule has 0 aromatic heterocycles. The predicted molar refractivity (Wildman–Crippen MR) is 322 cm³/mol. The average Bonchev–Trinajstić information content (AvgIpc) is 3.92. The molecule has 0 radical (unpaired) electrons. The summed E-state index contributed by atoms with van der Waals surface area (Å²) in [4.78, 5) is 25.9. The van der Waals surface area contributed by atoms with Gasteiger partial charge in [-0.05, 0) is 113 Å². The van der Waals surface area contributed by atoms with E-state index in [4.69, 9.17) is 18.9 Å². The monoisotopic (exact) mass is 1050 g/mol. The van der Waals surface area contributed by atoms with E-state index in [9.17, 15) is 9.59 Å². The van der Waals surface area contributed by atoms with Crippen LogP contribution in [0, 0.1) is 10.8 Å². The lowest BCUT2D eigenvalue weighted by Crippen LogP contribution is -2.46. The number of ether oxygens (including phenoxy) is 4. The lowest BCUT2D eigenvalue weighted by molar-refractivity contribution is -0.158. The van der Waals surface area contributed by atoms with Gasteiger partial charge in [0.2, 0.25) is 0 Å². The Hall–Kier alpha value is -3.48. The molecule has 2 aliphatic carbocycles. The third-order valence-electron chi connectivity index (χ3n) is 16.9. The van der Waals surface area contributed by atoms with E-state index in [-0.39, 0.29) is 47.2 Å². The number of hydrogen-bond donors (Lipinski definition) is 0. The van der Waals surface area contributed by atoms with Crippen molar-refractivity contribution in [3.05, 3.63) is 106 Å². The Morgan fingerprint density at radius 2 is 0.750 bits per heavy atom. The van der Waals surface area contributed by atoms with Crippen LogP contribution in [-0.4, -0.2) is 47.6 Å². The highest BCUT2D eigenvalue weighted by molar-refractivity contribution is 5.70. The van der Waals surface area contributed by atoms with Gasteiger partial charge in [-0.25, -0.2) is 0 Å². The van der Waals surface area contributed by atoms with Gasteiger partial charge in [0.05, 0.1) is 23.4 Å². The number of allylic oxidation sites excluding steroid dienone is 12. The van der Waals surface area contributed by atoms with E-state index in [1.807, 2.05) is 0 Å². The van der Waals surface area contributed by atoms with Gasteiger partial charge in [-0.3, -0.25) is 9.59 Å². The molecule has 6 nitrogen and oxygen atoms in total. The minimum absolute atomic E-state index is 0.0542. The van der Waals surface area contributed by atoms with Crippen molar-refractivity contribution < 1.29 is 28.5 Å². The minimum Gasteiger partial charge on any atom is -0.462 e. The zero-order valence-corrected chi connectivity index (χ0v) is 50.9. The Morgan fingerprint density at radius 3 is 1.07 bits per heavy atom. The maximum atomic E-state index is 13.0. The minimum atomic E-state index is -0.449. The molecule has 0 amide bonds. The number of carbonyl (C=O) groups is 2. The van der Waals surface area contributed by atoms with Crippen LogP contribution in [0.1, 0.15) is 276 Å². The summed E-state index contributed by atoms with van der Waals surface area (Å²) >= 11 is 0. The number of rotatable bonds is 36. The third-order valence-corrected chi connectivity index (χ3v) is 16.9. The summed E-state index contributed by atoms with van der Waals surface area (Å²) < 4.78 is 25.8. The zero-order valence-electron chi connectivity index (χ0n) is 50.9. The van der Waals surface area contributed by atoms with Gasteiger partial charge in [-0.1, -0.05) is 255 Å². The van der Waals surface area contributed by atoms with Gasteiger partial charge in [0, 0.05) is 25.7 Å². The molecule has 0 bridgehead atoms. The highest BCUT2D eigenvalue weighted by Gasteiger charge is 2.53. The smallest absolute Gasteiger partial charge is 0.306 e. The van der Waals surface area contributed by atoms with Crippen LogP contribution in [-0.2, 0) is 28.5 Å². The number of carbonyl (C=O) groups excluding carboxylic acids is 2. The van der Waals surface area contributed by atoms with Crippen LogP contribution in [0.15, 0.2) is 106 Å². The molecular weight excluding hydrogens is 937 g/mol. The highest BCUT2D eigenvalue weighted by Crippen LogP contribution is 2.54. The molecule has 6 atom stereocenters. The predicted octanol–water partition coefficient (Wildman–Crippen LogP) is 20.3. The summed E-state index contributed by atoms with van der Waals surface area (Å²) in [5.74, 6) is -0.110. The molecule has 2 fully saturated rings. The van der Waals surface area contributed by atoms with Gasteiger partial charge in [0.25, 0.3) is 0 Å². The van der Waals surface area contributed by atoms with Gasteiger partial charge in [0.1, 0.15) is 12.2 Å². The Bertz CT molecular complexity index is 2050. The molecule has 2 saturated carbocycles. The number of esters is 2. The van der Waals surface area contributed by atoms with Crippen LogP contribution >= 0.6 is 0 Å². The van der Waals surface area contributed by atoms with Crippen LogP contribution in [0.2, 0.25) is 0 Å². The molecule has 0 N–H and O–H groups in total. The van der Waals surface area contributed by atoms with E-state index >= 15 is 0 Å². The van der Waals surface area contributed by atoms with E-state index in [1.165, 1.54) is 140 Å². The molecule has 2 heterocycles.